The predicted molar refractivity (Wildman–Crippen MR) is 87.3 cm³/mol. The number of nitrogens with zero attached hydrogens (tertiary/aromatic N) is 3. The number of carbonyl (C=O) groups is 1. The topological polar surface area (TPSA) is 77.0 Å². The lowest BCUT2D eigenvalue weighted by Gasteiger charge is -2.08. The molecular formula is C17H16N4O2. The Bertz CT molecular complexity index is 830. The van der Waals surface area contributed by atoms with Gasteiger partial charge in [0.05, 0.1) is 12.1 Å². The molecule has 116 valence electrons. The van der Waals surface area contributed by atoms with Gasteiger partial charge in [-0.3, -0.25) is 0 Å². The van der Waals surface area contributed by atoms with E-state index >= 15 is 0 Å². The molecule has 0 unspecified atom stereocenters. The number of rotatable bonds is 5. The number of nitrogens with one attached hydrogen (secondary N) is 1. The molecule has 0 aliphatic heterocycles. The molecule has 3 rings (SSSR count). The Morgan fingerprint density at radius 1 is 1.13 bits per heavy atom. The maximum Gasteiger partial charge on any atom is 0.356 e. The molecule has 0 atom stereocenters. The molecule has 1 aromatic carbocycles. The van der Waals surface area contributed by atoms with E-state index in [-0.39, 0.29) is 6.61 Å². The van der Waals surface area contributed by atoms with Crippen LogP contribution < -0.4 is 5.32 Å². The van der Waals surface area contributed by atoms with Crippen molar-refractivity contribution in [2.75, 3.05) is 18.5 Å². The van der Waals surface area contributed by atoms with Gasteiger partial charge in [-0.2, -0.15) is 0 Å². The first-order valence-electron chi connectivity index (χ1n) is 7.28. The largest absolute Gasteiger partial charge is 0.459 e. The van der Waals surface area contributed by atoms with Crippen LogP contribution in [0, 0.1) is 6.92 Å². The summed E-state index contributed by atoms with van der Waals surface area (Å²) in [6, 6.07) is 13.0. The Balaban J connectivity index is 1.56. The molecule has 23 heavy (non-hydrogen) atoms. The Kier molecular flexibility index (Phi) is 4.42. The van der Waals surface area contributed by atoms with Gasteiger partial charge in [-0.15, -0.1) is 0 Å². The minimum atomic E-state index is -0.428. The monoisotopic (exact) mass is 308 g/mol. The van der Waals surface area contributed by atoms with Crippen LogP contribution in [0.3, 0.4) is 0 Å². The van der Waals surface area contributed by atoms with Gasteiger partial charge in [0, 0.05) is 11.1 Å². The molecule has 0 saturated carbocycles. The van der Waals surface area contributed by atoms with E-state index < -0.39 is 5.97 Å². The highest BCUT2D eigenvalue weighted by molar-refractivity contribution is 5.89. The highest BCUT2D eigenvalue weighted by Gasteiger charge is 2.08. The third-order valence-electron chi connectivity index (χ3n) is 3.27. The van der Waals surface area contributed by atoms with Gasteiger partial charge in [-0.25, -0.2) is 19.7 Å². The Hall–Kier alpha value is -3.02. The predicted octanol–water partition coefficient (Wildman–Crippen LogP) is 2.60. The van der Waals surface area contributed by atoms with Crippen molar-refractivity contribution in [3.05, 3.63) is 60.2 Å². The van der Waals surface area contributed by atoms with E-state index in [1.807, 2.05) is 37.3 Å². The molecule has 6 heteroatoms. The van der Waals surface area contributed by atoms with Crippen LogP contribution >= 0.6 is 0 Å². The Morgan fingerprint density at radius 3 is 2.87 bits per heavy atom. The summed E-state index contributed by atoms with van der Waals surface area (Å²) >= 11 is 0. The summed E-state index contributed by atoms with van der Waals surface area (Å²) < 4.78 is 5.21. The van der Waals surface area contributed by atoms with Crippen LogP contribution in [0.25, 0.3) is 10.9 Å². The first kappa shape index (κ1) is 14.9. The number of hydrogen-bond donors (Lipinski definition) is 1. The standard InChI is InChI=1S/C17H16N4O2/c1-12-5-4-8-15(21-12)17(22)23-10-9-18-16-13-6-2-3-7-14(13)19-11-20-16/h2-8,11H,9-10H2,1H3,(H,18,19,20). The number of ether oxygens (including phenoxy) is 1. The number of hydrogen-bond acceptors (Lipinski definition) is 6. The quantitative estimate of drug-likeness (QED) is 0.576. The lowest BCUT2D eigenvalue weighted by Crippen LogP contribution is -2.15. The number of para-hydroxylation sites is 1. The summed E-state index contributed by atoms with van der Waals surface area (Å²) in [5.74, 6) is 0.295. The number of esters is 1. The van der Waals surface area contributed by atoms with Gasteiger partial charge in [-0.05, 0) is 31.2 Å². The molecule has 0 fully saturated rings. The molecule has 1 N–H and O–H groups in total. The number of aromatic nitrogens is 3. The van der Waals surface area contributed by atoms with Gasteiger partial charge < -0.3 is 10.1 Å². The fourth-order valence-electron chi connectivity index (χ4n) is 2.19. The summed E-state index contributed by atoms with van der Waals surface area (Å²) in [5, 5.41) is 4.09. The molecule has 6 nitrogen and oxygen atoms in total. The zero-order valence-corrected chi connectivity index (χ0v) is 12.7. The second-order valence-electron chi connectivity index (χ2n) is 4.97. The molecule has 2 aromatic heterocycles. The van der Waals surface area contributed by atoms with Crippen LogP contribution in [-0.2, 0) is 4.74 Å². The van der Waals surface area contributed by atoms with Crippen LogP contribution in [0.1, 0.15) is 16.2 Å². The Labute approximate surface area is 133 Å². The second-order valence-corrected chi connectivity index (χ2v) is 4.97. The summed E-state index contributed by atoms with van der Waals surface area (Å²) in [7, 11) is 0. The van der Waals surface area contributed by atoms with E-state index in [1.54, 1.807) is 12.1 Å². The zero-order valence-electron chi connectivity index (χ0n) is 12.7. The number of benzene rings is 1. The van der Waals surface area contributed by atoms with Crippen molar-refractivity contribution in [3.8, 4) is 0 Å². The molecule has 0 radical (unpaired) electrons. The normalized spacial score (nSPS) is 10.5. The number of carbonyl (C=O) groups excluding carboxylic acids is 1. The fourth-order valence-corrected chi connectivity index (χ4v) is 2.19. The maximum absolute atomic E-state index is 11.9. The third kappa shape index (κ3) is 3.60. The highest BCUT2D eigenvalue weighted by atomic mass is 16.5. The van der Waals surface area contributed by atoms with E-state index in [1.165, 1.54) is 6.33 Å². The van der Waals surface area contributed by atoms with Crippen molar-refractivity contribution >= 4 is 22.7 Å². The van der Waals surface area contributed by atoms with Crippen LogP contribution in [0.4, 0.5) is 5.82 Å². The van der Waals surface area contributed by atoms with Crippen LogP contribution in [-0.4, -0.2) is 34.1 Å². The van der Waals surface area contributed by atoms with E-state index in [4.69, 9.17) is 4.74 Å². The van der Waals surface area contributed by atoms with Crippen molar-refractivity contribution < 1.29 is 9.53 Å². The van der Waals surface area contributed by atoms with Gasteiger partial charge in [0.15, 0.2) is 0 Å². The van der Waals surface area contributed by atoms with Gasteiger partial charge in [0.2, 0.25) is 0 Å². The van der Waals surface area contributed by atoms with E-state index in [0.29, 0.717) is 12.2 Å². The number of anilines is 1. The van der Waals surface area contributed by atoms with Crippen LogP contribution in [0.5, 0.6) is 0 Å². The summed E-state index contributed by atoms with van der Waals surface area (Å²) in [6.07, 6.45) is 1.51. The maximum atomic E-state index is 11.9. The molecular weight excluding hydrogens is 292 g/mol. The van der Waals surface area contributed by atoms with Crippen LogP contribution in [0.2, 0.25) is 0 Å². The van der Waals surface area contributed by atoms with Crippen molar-refractivity contribution in [2.45, 2.75) is 6.92 Å². The van der Waals surface area contributed by atoms with E-state index in [9.17, 15) is 4.79 Å². The fraction of sp³-hybridized carbons (Fsp3) is 0.176. The van der Waals surface area contributed by atoms with Crippen molar-refractivity contribution in [1.29, 1.82) is 0 Å². The minimum absolute atomic E-state index is 0.229. The summed E-state index contributed by atoms with van der Waals surface area (Å²) in [6.45, 7) is 2.52. The lowest BCUT2D eigenvalue weighted by molar-refractivity contribution is 0.0513. The number of fused-ring (bicyclic) bond motifs is 1. The minimum Gasteiger partial charge on any atom is -0.459 e. The average molecular weight is 308 g/mol. The van der Waals surface area contributed by atoms with E-state index in [0.717, 1.165) is 22.4 Å². The smallest absolute Gasteiger partial charge is 0.356 e. The van der Waals surface area contributed by atoms with Gasteiger partial charge in [0.1, 0.15) is 24.4 Å². The van der Waals surface area contributed by atoms with E-state index in [2.05, 4.69) is 20.3 Å². The molecule has 0 amide bonds. The first-order chi connectivity index (χ1) is 11.2. The molecule has 3 aromatic rings. The molecule has 0 bridgehead atoms. The third-order valence-corrected chi connectivity index (χ3v) is 3.27. The van der Waals surface area contributed by atoms with Gasteiger partial charge in [-0.1, -0.05) is 18.2 Å². The van der Waals surface area contributed by atoms with Crippen molar-refractivity contribution in [3.63, 3.8) is 0 Å². The lowest BCUT2D eigenvalue weighted by atomic mass is 10.2. The molecule has 0 aliphatic carbocycles. The molecule has 0 spiro atoms. The molecule has 2 heterocycles. The first-order valence-corrected chi connectivity index (χ1v) is 7.28. The number of aryl methyl sites for hydroxylation is 1. The summed E-state index contributed by atoms with van der Waals surface area (Å²) in [4.78, 5) is 24.4. The Morgan fingerprint density at radius 2 is 2.00 bits per heavy atom. The van der Waals surface area contributed by atoms with Gasteiger partial charge in [0.25, 0.3) is 0 Å². The SMILES string of the molecule is Cc1cccc(C(=O)OCCNc2ncnc3ccccc23)n1. The van der Waals surface area contributed by atoms with Crippen molar-refractivity contribution in [2.24, 2.45) is 0 Å². The van der Waals surface area contributed by atoms with Crippen molar-refractivity contribution in [1.82, 2.24) is 15.0 Å². The second kappa shape index (κ2) is 6.83. The molecule has 0 aliphatic rings. The zero-order chi connectivity index (χ0) is 16.1. The molecule has 0 saturated heterocycles. The number of pyridine rings is 1. The highest BCUT2D eigenvalue weighted by Crippen LogP contribution is 2.17. The summed E-state index contributed by atoms with van der Waals surface area (Å²) in [5.41, 5.74) is 1.97. The van der Waals surface area contributed by atoms with Crippen LogP contribution in [0.15, 0.2) is 48.8 Å². The van der Waals surface area contributed by atoms with Gasteiger partial charge >= 0.3 is 5.97 Å². The average Bonchev–Trinajstić information content (AvgIpc) is 2.58.